The first-order chi connectivity index (χ1) is 66.8. The number of benzene rings is 10. The fraction of sp³-hybridized carbons (Fsp3) is 0.404. The van der Waals surface area contributed by atoms with E-state index in [1.165, 1.54) is 107 Å². The summed E-state index contributed by atoms with van der Waals surface area (Å²) in [6.07, 6.45) is 17.1. The Hall–Kier alpha value is -6.92. The lowest BCUT2D eigenvalue weighted by Crippen LogP contribution is -2.58. The lowest BCUT2D eigenvalue weighted by atomic mass is 9.86. The lowest BCUT2D eigenvalue weighted by Gasteiger charge is -2.46. The minimum absolute atomic E-state index is 0.0758. The molecule has 2 spiro atoms. The van der Waals surface area contributed by atoms with E-state index >= 15 is 0 Å². The first-order valence-corrected chi connectivity index (χ1v) is 76.1. The number of thiophene rings is 2. The van der Waals surface area contributed by atoms with Crippen molar-refractivity contribution < 1.29 is 53.4 Å². The van der Waals surface area contributed by atoms with E-state index in [0.717, 1.165) is 161 Å². The Morgan fingerprint density at radius 1 is 0.245 bits per heavy atom. The molecular weight excluding hydrogens is 1950 g/mol. The highest BCUT2D eigenvalue weighted by molar-refractivity contribution is 8.26. The normalized spacial score (nSPS) is 15.4. The number of rotatable bonds is 54. The Balaban J connectivity index is 0.524. The summed E-state index contributed by atoms with van der Waals surface area (Å²) in [6.45, 7) is 42.5. The zero-order valence-electron chi connectivity index (χ0n) is 85.1. The highest BCUT2D eigenvalue weighted by atomic mass is 32.2. The lowest BCUT2D eigenvalue weighted by molar-refractivity contribution is 0.170. The van der Waals surface area contributed by atoms with Crippen LogP contribution < -0.4 is 28.4 Å². The molecule has 4 heterocycles. The van der Waals surface area contributed by atoms with Crippen LogP contribution in [0.5, 0.6) is 34.5 Å². The fourth-order valence-corrected chi connectivity index (χ4v) is 62.4. The molecule has 25 heteroatoms. The van der Waals surface area contributed by atoms with E-state index in [1.54, 1.807) is 0 Å². The Labute approximate surface area is 863 Å². The van der Waals surface area contributed by atoms with Crippen molar-refractivity contribution >= 4 is 129 Å². The number of thioether (sulfide) groups is 4. The van der Waals surface area contributed by atoms with Crippen LogP contribution in [0.2, 0.25) is 109 Å². The van der Waals surface area contributed by atoms with Crippen LogP contribution in [0.3, 0.4) is 0 Å². The van der Waals surface area contributed by atoms with E-state index in [2.05, 4.69) is 375 Å². The van der Waals surface area contributed by atoms with Gasteiger partial charge in [-0.25, -0.2) is 0 Å². The maximum Gasteiger partial charge on any atom is 0.326 e. The van der Waals surface area contributed by atoms with Gasteiger partial charge in [0.25, 0.3) is 0 Å². The van der Waals surface area contributed by atoms with Crippen molar-refractivity contribution in [2.45, 2.75) is 274 Å². The monoisotopic (exact) mass is 2090 g/mol. The van der Waals surface area contributed by atoms with Gasteiger partial charge in [0.2, 0.25) is 0 Å². The highest BCUT2D eigenvalue weighted by Gasteiger charge is 2.67. The van der Waals surface area contributed by atoms with Crippen molar-refractivity contribution in [1.82, 2.24) is 0 Å². The topological polar surface area (TPSA) is 111 Å². The van der Waals surface area contributed by atoms with Gasteiger partial charge in [-0.1, -0.05) is 270 Å². The average molecular weight is 2100 g/mol. The molecule has 738 valence electrons. The zero-order valence-corrected chi connectivity index (χ0v) is 97.0. The maximum absolute atomic E-state index is 7.52. The second-order valence-electron chi connectivity index (χ2n) is 41.0. The number of hydrogen-bond donors (Lipinski definition) is 0. The molecule has 0 amide bonds. The smallest absolute Gasteiger partial charge is 0.326 e. The predicted molar refractivity (Wildman–Crippen MR) is 608 cm³/mol. The fourth-order valence-electron chi connectivity index (χ4n) is 19.5. The van der Waals surface area contributed by atoms with Gasteiger partial charge in [-0.05, 0) is 326 Å². The molecule has 0 fully saturated rings. The van der Waals surface area contributed by atoms with Gasteiger partial charge in [-0.2, -0.15) is 0 Å². The summed E-state index contributed by atoms with van der Waals surface area (Å²) in [5.41, 5.74) is 17.1. The van der Waals surface area contributed by atoms with E-state index in [0.29, 0.717) is 39.6 Å². The van der Waals surface area contributed by atoms with Gasteiger partial charge in [0, 0.05) is 57.7 Å². The summed E-state index contributed by atoms with van der Waals surface area (Å²) >= 11 is 12.2. The van der Waals surface area contributed by atoms with Crippen molar-refractivity contribution in [3.8, 4) is 112 Å². The third kappa shape index (κ3) is 28.9. The van der Waals surface area contributed by atoms with Gasteiger partial charge >= 0.3 is 34.2 Å². The molecule has 0 N–H and O–H groups in total. The molecule has 4 atom stereocenters. The third-order valence-corrected chi connectivity index (χ3v) is 60.6. The number of hydrogen-bond acceptors (Lipinski definition) is 18. The quantitative estimate of drug-likeness (QED) is 0.0266. The molecule has 3 aliphatic rings. The molecule has 12 nitrogen and oxygen atoms in total. The minimum atomic E-state index is -2.62. The Morgan fingerprint density at radius 3 is 0.698 bits per heavy atom. The molecule has 0 radical (unpaired) electrons. The minimum Gasteiger partial charge on any atom is -0.494 e. The van der Waals surface area contributed by atoms with Crippen LogP contribution in [0.4, 0.5) is 0 Å². The van der Waals surface area contributed by atoms with Crippen molar-refractivity contribution in [2.24, 2.45) is 0 Å². The van der Waals surface area contributed by atoms with Crippen molar-refractivity contribution in [3.63, 3.8) is 0 Å². The van der Waals surface area contributed by atoms with Crippen molar-refractivity contribution in [2.75, 3.05) is 39.6 Å². The number of fused-ring (bicyclic) bond motifs is 8. The number of unbranched alkanes of at least 4 members (excludes halogenated alkanes) is 12. The van der Waals surface area contributed by atoms with Crippen LogP contribution in [0.15, 0.2) is 273 Å². The molecule has 2 aromatic heterocycles. The summed E-state index contributed by atoms with van der Waals surface area (Å²) in [6, 6.07) is 91.2. The molecule has 4 unspecified atom stereocenters. The van der Waals surface area contributed by atoms with E-state index in [9.17, 15) is 0 Å². The summed E-state index contributed by atoms with van der Waals surface area (Å²) < 4.78 is 79.7. The molecule has 15 rings (SSSR count). The van der Waals surface area contributed by atoms with Crippen LogP contribution in [-0.2, 0) is 33.2 Å². The Morgan fingerprint density at radius 2 is 0.460 bits per heavy atom. The Kier molecular flexibility index (Phi) is 37.0. The molecule has 0 saturated carbocycles. The van der Waals surface area contributed by atoms with Crippen molar-refractivity contribution in [3.05, 3.63) is 263 Å². The predicted octanol–water partition coefficient (Wildman–Crippen LogP) is 35.8. The molecule has 0 bridgehead atoms. The maximum atomic E-state index is 7.52. The van der Waals surface area contributed by atoms with E-state index in [1.807, 2.05) is 60.8 Å². The second-order valence-corrected chi connectivity index (χ2v) is 76.4. The summed E-state index contributed by atoms with van der Waals surface area (Å²) in [7, 11) is -16.3. The SMILES string of the molecule is CCOc1ccc(-c2ccc(-c3ccc(OCCCCCC[Si](C)(O[Si](C)(C)C)O[Si](C)(CCCCCCOc4ccc(-c5csc6c5-c5c(-c7ccc(OCCCCCC[Si](C)(O[Si](C)(C)C)O[Si](C)(CCCCCCOc8ccc(-c9ccc(-c%10ccc(OCC)cc%10)cc9)cc8)O[Si](C)(C)C)cc7)csc5C5(Sc7ccccc7S5)C65Sc6ccccc6S5)cc4)OC(C)C)cc3)cc2)cc1. The second kappa shape index (κ2) is 48.4. The highest BCUT2D eigenvalue weighted by Crippen LogP contribution is 2.84. The van der Waals surface area contributed by atoms with Gasteiger partial charge in [0.15, 0.2) is 25.0 Å². The first kappa shape index (κ1) is 106. The van der Waals surface area contributed by atoms with Gasteiger partial charge in [0.05, 0.1) is 39.6 Å². The van der Waals surface area contributed by atoms with Gasteiger partial charge in [-0.3, -0.25) is 0 Å². The van der Waals surface area contributed by atoms with Crippen LogP contribution in [0.1, 0.15) is 140 Å². The van der Waals surface area contributed by atoms with Gasteiger partial charge < -0.3 is 53.4 Å². The third-order valence-electron chi connectivity index (χ3n) is 25.1. The van der Waals surface area contributed by atoms with E-state index in [4.69, 9.17) is 53.4 Å². The van der Waals surface area contributed by atoms with Gasteiger partial charge in [0.1, 0.15) is 42.7 Å². The van der Waals surface area contributed by atoms with Crippen LogP contribution >= 0.6 is 69.7 Å². The van der Waals surface area contributed by atoms with Crippen LogP contribution in [-0.4, -0.2) is 105 Å². The summed E-state index contributed by atoms with van der Waals surface area (Å²) in [5, 5.41) is 4.92. The molecule has 0 saturated heterocycles. The molecular formula is C114H146O12S6Si7. The molecule has 12 aromatic rings. The molecule has 2 aliphatic heterocycles. The first-order valence-electron chi connectivity index (χ1n) is 50.7. The molecule has 139 heavy (non-hydrogen) atoms. The molecule has 10 aromatic carbocycles. The molecule has 1 aliphatic carbocycles. The average Bonchev–Trinajstić information content (AvgIpc) is 1.50. The van der Waals surface area contributed by atoms with E-state index in [-0.39, 0.29) is 14.3 Å². The summed E-state index contributed by atoms with van der Waals surface area (Å²) in [4.78, 5) is 8.27. The van der Waals surface area contributed by atoms with Gasteiger partial charge in [-0.15, -0.1) is 22.7 Å². The standard InChI is InChI=1S/C114H146O12S6Si7/c1-18-115-97-64-52-91(53-65-97)87-44-48-89(49-45-87)93-56-68-99(69-57-93)117-76-33-21-25-37-81-137(15,122-133(5,6)7)125-136(14,121-86(3)4)80-36-24-20-32-78-119-101-72-60-95(61-73-101)103-84-127-111-109(103)110-104(85-128-112(110)114(131-107-42-30-31-43-108(107)132-114)113(111)129-105-40-28-29-41-106(105)130-113)96-62-74-102(75-63-96)120-79-35-23-27-39-83-139(17,124-135(11,12)13)126-138(16,123-134(8,9)10)82-38-26-22-34-77-118-100-70-58-94(59-71-100)90-50-46-88(47-51-90)92-54-66-98(67-55-92)116-19-2/h28-31,40-75,84-86H,18-27,32-39,76-83H2,1-17H3. The summed E-state index contributed by atoms with van der Waals surface area (Å²) in [5.74, 6) is 5.41. The van der Waals surface area contributed by atoms with Crippen LogP contribution in [0, 0.1) is 0 Å². The van der Waals surface area contributed by atoms with Crippen molar-refractivity contribution in [1.29, 1.82) is 0 Å². The zero-order chi connectivity index (χ0) is 97.9. The Bertz CT molecular complexity index is 5850. The number of ether oxygens (including phenoxy) is 6. The van der Waals surface area contributed by atoms with E-state index < -0.39 is 59.2 Å². The largest absolute Gasteiger partial charge is 0.494 e. The van der Waals surface area contributed by atoms with Crippen LogP contribution in [0.25, 0.3) is 77.9 Å².